The first-order chi connectivity index (χ1) is 8.28. The summed E-state index contributed by atoms with van der Waals surface area (Å²) in [6.07, 6.45) is -0.583. The number of fused-ring (bicyclic) bond motifs is 1. The topological polar surface area (TPSA) is 64.1 Å². The number of hydrogen-bond donors (Lipinski definition) is 1. The quantitative estimate of drug-likeness (QED) is 0.778. The number of nitrogens with zero attached hydrogens (tertiary/aromatic N) is 1. The van der Waals surface area contributed by atoms with Crippen LogP contribution in [0.4, 0.5) is 4.79 Å². The van der Waals surface area contributed by atoms with Crippen LogP contribution in [-0.2, 0) is 4.74 Å². The molecule has 2 aromatic rings. The summed E-state index contributed by atoms with van der Waals surface area (Å²) in [5, 5.41) is 2.97. The lowest BCUT2D eigenvalue weighted by Gasteiger charge is -2.19. The maximum absolute atomic E-state index is 12.0. The zero-order valence-corrected chi connectivity index (χ0v) is 10.9. The number of carbonyl (C=O) groups excluding carboxylic acids is 1. The fourth-order valence-electron chi connectivity index (χ4n) is 1.69. The Hall–Kier alpha value is -2.04. The third kappa shape index (κ3) is 2.30. The van der Waals surface area contributed by atoms with Crippen molar-refractivity contribution in [2.24, 2.45) is 0 Å². The number of aromatic amines is 1. The molecule has 0 bridgehead atoms. The van der Waals surface area contributed by atoms with Crippen molar-refractivity contribution in [3.63, 3.8) is 0 Å². The standard InChI is InChI=1S/C13H16N2O3/c1-8-5-6-9-10(7-8)15(14-11(9)16)12(17)18-13(2,3)4/h5-7H,1-4H3,(H,14,16). The van der Waals surface area contributed by atoms with Crippen molar-refractivity contribution >= 4 is 17.0 Å². The molecule has 1 aromatic heterocycles. The molecule has 0 saturated heterocycles. The minimum absolute atomic E-state index is 0.296. The summed E-state index contributed by atoms with van der Waals surface area (Å²) in [6, 6.07) is 5.30. The van der Waals surface area contributed by atoms with E-state index < -0.39 is 11.7 Å². The molecule has 2 rings (SSSR count). The van der Waals surface area contributed by atoms with E-state index in [2.05, 4.69) is 5.10 Å². The molecule has 1 aromatic carbocycles. The van der Waals surface area contributed by atoms with E-state index in [1.165, 1.54) is 0 Å². The van der Waals surface area contributed by atoms with Gasteiger partial charge in [0.1, 0.15) is 5.60 Å². The van der Waals surface area contributed by atoms with Crippen LogP contribution in [0, 0.1) is 6.92 Å². The molecule has 96 valence electrons. The molecule has 0 aliphatic heterocycles. The molecule has 0 saturated carbocycles. The molecule has 0 fully saturated rings. The molecule has 5 heteroatoms. The maximum atomic E-state index is 12.0. The van der Waals surface area contributed by atoms with Gasteiger partial charge >= 0.3 is 6.09 Å². The summed E-state index contributed by atoms with van der Waals surface area (Å²) in [4.78, 5) is 23.7. The van der Waals surface area contributed by atoms with E-state index in [0.29, 0.717) is 10.9 Å². The number of aromatic nitrogens is 2. The highest BCUT2D eigenvalue weighted by Gasteiger charge is 2.20. The van der Waals surface area contributed by atoms with E-state index in [4.69, 9.17) is 4.74 Å². The largest absolute Gasteiger partial charge is 0.442 e. The molecule has 18 heavy (non-hydrogen) atoms. The number of carbonyl (C=O) groups is 1. The minimum atomic E-state index is -0.603. The van der Waals surface area contributed by atoms with Gasteiger partial charge in [-0.15, -0.1) is 0 Å². The third-order valence-corrected chi connectivity index (χ3v) is 2.43. The zero-order chi connectivity index (χ0) is 13.5. The Kier molecular flexibility index (Phi) is 2.77. The van der Waals surface area contributed by atoms with E-state index in [9.17, 15) is 9.59 Å². The van der Waals surface area contributed by atoms with Crippen LogP contribution in [0.25, 0.3) is 10.9 Å². The van der Waals surface area contributed by atoms with E-state index in [0.717, 1.165) is 10.2 Å². The molecule has 0 aliphatic rings. The normalized spacial score (nSPS) is 11.8. The molecule has 0 aliphatic carbocycles. The van der Waals surface area contributed by atoms with Crippen molar-refractivity contribution in [1.29, 1.82) is 0 Å². The smallest absolute Gasteiger partial charge is 0.434 e. The van der Waals surface area contributed by atoms with Crippen LogP contribution in [0.1, 0.15) is 26.3 Å². The predicted molar refractivity (Wildman–Crippen MR) is 68.9 cm³/mol. The molecule has 1 N–H and O–H groups in total. The van der Waals surface area contributed by atoms with Crippen molar-refractivity contribution in [2.75, 3.05) is 0 Å². The number of ether oxygens (including phenoxy) is 1. The van der Waals surface area contributed by atoms with Crippen LogP contribution in [-0.4, -0.2) is 21.5 Å². The predicted octanol–water partition coefficient (Wildman–Crippen LogP) is 2.42. The van der Waals surface area contributed by atoms with Gasteiger partial charge in [0, 0.05) is 0 Å². The number of rotatable bonds is 0. The van der Waals surface area contributed by atoms with Crippen molar-refractivity contribution in [3.8, 4) is 0 Å². The fraction of sp³-hybridized carbons (Fsp3) is 0.385. The van der Waals surface area contributed by atoms with Crippen LogP contribution in [0.3, 0.4) is 0 Å². The summed E-state index contributed by atoms with van der Waals surface area (Å²) in [6.45, 7) is 7.23. The van der Waals surface area contributed by atoms with Crippen molar-refractivity contribution < 1.29 is 9.53 Å². The molecule has 5 nitrogen and oxygen atoms in total. The lowest BCUT2D eigenvalue weighted by molar-refractivity contribution is 0.0522. The van der Waals surface area contributed by atoms with Crippen molar-refractivity contribution in [2.45, 2.75) is 33.3 Å². The molecular formula is C13H16N2O3. The Morgan fingerprint density at radius 2 is 2.00 bits per heavy atom. The van der Waals surface area contributed by atoms with Crippen LogP contribution in [0.5, 0.6) is 0 Å². The van der Waals surface area contributed by atoms with Gasteiger partial charge in [0.2, 0.25) is 0 Å². The number of benzene rings is 1. The highest BCUT2D eigenvalue weighted by molar-refractivity contribution is 5.87. The van der Waals surface area contributed by atoms with Gasteiger partial charge in [0.05, 0.1) is 10.9 Å². The minimum Gasteiger partial charge on any atom is -0.442 e. The van der Waals surface area contributed by atoms with E-state index in [1.54, 1.807) is 32.9 Å². The molecule has 0 atom stereocenters. The van der Waals surface area contributed by atoms with Gasteiger partial charge in [0.25, 0.3) is 5.56 Å². The van der Waals surface area contributed by atoms with Crippen molar-refractivity contribution in [1.82, 2.24) is 9.78 Å². The third-order valence-electron chi connectivity index (χ3n) is 2.43. The molecular weight excluding hydrogens is 232 g/mol. The maximum Gasteiger partial charge on any atom is 0.434 e. The van der Waals surface area contributed by atoms with Crippen LogP contribution >= 0.6 is 0 Å². The zero-order valence-electron chi connectivity index (χ0n) is 10.9. The van der Waals surface area contributed by atoms with E-state index in [-0.39, 0.29) is 5.56 Å². The van der Waals surface area contributed by atoms with Crippen molar-refractivity contribution in [3.05, 3.63) is 34.1 Å². The summed E-state index contributed by atoms with van der Waals surface area (Å²) < 4.78 is 6.39. The van der Waals surface area contributed by atoms with Gasteiger partial charge in [-0.05, 0) is 45.4 Å². The van der Waals surface area contributed by atoms with Crippen LogP contribution < -0.4 is 5.56 Å². The van der Waals surface area contributed by atoms with E-state index in [1.807, 2.05) is 13.0 Å². The van der Waals surface area contributed by atoms with Gasteiger partial charge in [-0.25, -0.2) is 4.79 Å². The average Bonchev–Trinajstić information content (AvgIpc) is 2.53. The Labute approximate surface area is 104 Å². The summed E-state index contributed by atoms with van der Waals surface area (Å²) in [7, 11) is 0. The molecule has 0 unspecified atom stereocenters. The highest BCUT2D eigenvalue weighted by atomic mass is 16.6. The van der Waals surface area contributed by atoms with Crippen LogP contribution in [0.15, 0.2) is 23.0 Å². The Balaban J connectivity index is 2.55. The second-order valence-corrected chi connectivity index (χ2v) is 5.28. The van der Waals surface area contributed by atoms with Gasteiger partial charge in [-0.2, -0.15) is 4.68 Å². The Bertz CT molecular complexity index is 659. The average molecular weight is 248 g/mol. The van der Waals surface area contributed by atoms with Gasteiger partial charge in [0.15, 0.2) is 0 Å². The lowest BCUT2D eigenvalue weighted by Crippen LogP contribution is -2.28. The SMILES string of the molecule is Cc1ccc2c(=O)[nH]n(C(=O)OC(C)(C)C)c2c1. The van der Waals surface area contributed by atoms with Gasteiger partial charge in [-0.3, -0.25) is 9.89 Å². The number of H-pyrrole nitrogens is 1. The summed E-state index contributed by atoms with van der Waals surface area (Å²) >= 11 is 0. The Morgan fingerprint density at radius 1 is 1.33 bits per heavy atom. The second kappa shape index (κ2) is 4.01. The van der Waals surface area contributed by atoms with Gasteiger partial charge < -0.3 is 4.74 Å². The monoisotopic (exact) mass is 248 g/mol. The first kappa shape index (κ1) is 12.4. The van der Waals surface area contributed by atoms with E-state index >= 15 is 0 Å². The Morgan fingerprint density at radius 3 is 2.61 bits per heavy atom. The number of nitrogens with one attached hydrogen (secondary N) is 1. The summed E-state index contributed by atoms with van der Waals surface area (Å²) in [5.74, 6) is 0. The number of hydrogen-bond acceptors (Lipinski definition) is 3. The molecule has 0 radical (unpaired) electrons. The summed E-state index contributed by atoms with van der Waals surface area (Å²) in [5.41, 5.74) is 0.609. The highest BCUT2D eigenvalue weighted by Crippen LogP contribution is 2.14. The second-order valence-electron chi connectivity index (χ2n) is 5.28. The molecule has 0 amide bonds. The fourth-order valence-corrected chi connectivity index (χ4v) is 1.69. The first-order valence-electron chi connectivity index (χ1n) is 5.73. The molecule has 1 heterocycles. The van der Waals surface area contributed by atoms with Crippen LogP contribution in [0.2, 0.25) is 0 Å². The molecule has 0 spiro atoms. The lowest BCUT2D eigenvalue weighted by atomic mass is 10.2. The van der Waals surface area contributed by atoms with Gasteiger partial charge in [-0.1, -0.05) is 6.07 Å². The first-order valence-corrected chi connectivity index (χ1v) is 5.73. The number of aryl methyl sites for hydroxylation is 1.